The number of carbonyl (C=O) groups excluding carboxylic acids is 2. The molecule has 1 aromatic heterocycles. The fourth-order valence-electron chi connectivity index (χ4n) is 4.63. The van der Waals surface area contributed by atoms with Crippen LogP contribution < -0.4 is 15.5 Å². The first kappa shape index (κ1) is 19.3. The predicted molar refractivity (Wildman–Crippen MR) is 104 cm³/mol. The molecule has 1 aromatic rings. The van der Waals surface area contributed by atoms with Crippen molar-refractivity contribution in [2.75, 3.05) is 44.2 Å². The molecule has 3 aliphatic heterocycles. The second-order valence-corrected chi connectivity index (χ2v) is 7.97. The molecule has 4 heterocycles. The smallest absolute Gasteiger partial charge is 0.235 e. The number of rotatable bonds is 3. The minimum atomic E-state index is -0.691. The molecule has 1 unspecified atom stereocenters. The number of piperazine rings is 1. The SMILES string of the molecule is Cc1nc(C2CCC(=O)NC2=O)c(F)cc1N1CCC(N2CCNCC2)CC1. The highest BCUT2D eigenvalue weighted by Gasteiger charge is 2.32. The number of pyridine rings is 1. The third kappa shape index (κ3) is 3.89. The van der Waals surface area contributed by atoms with Crippen LogP contribution in [0.2, 0.25) is 0 Å². The number of anilines is 1. The number of carbonyl (C=O) groups is 2. The maximum atomic E-state index is 14.8. The number of halogens is 1. The van der Waals surface area contributed by atoms with Crippen molar-refractivity contribution < 1.29 is 14.0 Å². The monoisotopic (exact) mass is 389 g/mol. The van der Waals surface area contributed by atoms with Crippen LogP contribution in [-0.2, 0) is 9.59 Å². The van der Waals surface area contributed by atoms with Gasteiger partial charge in [0.1, 0.15) is 5.82 Å². The number of imide groups is 1. The molecule has 1 atom stereocenters. The Hall–Kier alpha value is -2.06. The van der Waals surface area contributed by atoms with Gasteiger partial charge in [0.05, 0.1) is 23.0 Å². The fourth-order valence-corrected chi connectivity index (χ4v) is 4.63. The zero-order valence-corrected chi connectivity index (χ0v) is 16.3. The largest absolute Gasteiger partial charge is 0.370 e. The van der Waals surface area contributed by atoms with Crippen LogP contribution in [0.3, 0.4) is 0 Å². The van der Waals surface area contributed by atoms with Crippen molar-refractivity contribution in [3.63, 3.8) is 0 Å². The van der Waals surface area contributed by atoms with Gasteiger partial charge in [-0.3, -0.25) is 24.8 Å². The van der Waals surface area contributed by atoms with Gasteiger partial charge in [0.2, 0.25) is 11.8 Å². The van der Waals surface area contributed by atoms with Crippen LogP contribution in [-0.4, -0.2) is 67.0 Å². The van der Waals surface area contributed by atoms with Crippen molar-refractivity contribution >= 4 is 17.5 Å². The Morgan fingerprint density at radius 3 is 2.50 bits per heavy atom. The Labute approximate surface area is 164 Å². The standard InChI is InChI=1S/C20H28FN5O2/c1-13-17(26-8-4-14(5-9-26)25-10-6-22-7-11-25)12-16(21)19(23-13)15-2-3-18(27)24-20(15)28/h12,14-15,22H,2-11H2,1H3,(H,24,27,28). The van der Waals surface area contributed by atoms with Crippen LogP contribution in [0, 0.1) is 12.7 Å². The normalized spacial score (nSPS) is 25.1. The summed E-state index contributed by atoms with van der Waals surface area (Å²) in [5.41, 5.74) is 1.70. The number of piperidine rings is 2. The van der Waals surface area contributed by atoms with E-state index in [1.807, 2.05) is 6.92 Å². The number of hydrogen-bond donors (Lipinski definition) is 2. The Balaban J connectivity index is 1.45. The lowest BCUT2D eigenvalue weighted by atomic mass is 9.93. The minimum absolute atomic E-state index is 0.155. The molecule has 0 bridgehead atoms. The molecular weight excluding hydrogens is 361 g/mol. The maximum absolute atomic E-state index is 14.8. The van der Waals surface area contributed by atoms with E-state index in [9.17, 15) is 14.0 Å². The van der Waals surface area contributed by atoms with Gasteiger partial charge in [-0.25, -0.2) is 4.39 Å². The Bertz CT molecular complexity index is 757. The number of hydrogen-bond acceptors (Lipinski definition) is 6. The summed E-state index contributed by atoms with van der Waals surface area (Å²) in [5.74, 6) is -1.91. The van der Waals surface area contributed by atoms with Crippen LogP contribution in [0.25, 0.3) is 0 Å². The molecule has 8 heteroatoms. The molecule has 7 nitrogen and oxygen atoms in total. The van der Waals surface area contributed by atoms with E-state index in [1.54, 1.807) is 0 Å². The zero-order valence-electron chi connectivity index (χ0n) is 16.3. The summed E-state index contributed by atoms with van der Waals surface area (Å²) < 4.78 is 14.8. The molecule has 3 fully saturated rings. The third-order valence-electron chi connectivity index (χ3n) is 6.21. The second kappa shape index (κ2) is 8.13. The number of nitrogens with one attached hydrogen (secondary N) is 2. The molecule has 0 aromatic carbocycles. The second-order valence-electron chi connectivity index (χ2n) is 7.97. The van der Waals surface area contributed by atoms with E-state index in [1.165, 1.54) is 6.07 Å². The molecule has 3 aliphatic rings. The van der Waals surface area contributed by atoms with Crippen LogP contribution >= 0.6 is 0 Å². The first-order valence-electron chi connectivity index (χ1n) is 10.2. The van der Waals surface area contributed by atoms with Gasteiger partial charge in [-0.05, 0) is 26.2 Å². The fraction of sp³-hybridized carbons (Fsp3) is 0.650. The molecule has 152 valence electrons. The predicted octanol–water partition coefficient (Wildman–Crippen LogP) is 0.923. The molecular formula is C20H28FN5O2. The molecule has 28 heavy (non-hydrogen) atoms. The van der Waals surface area contributed by atoms with Gasteiger partial charge in [-0.2, -0.15) is 0 Å². The Kier molecular flexibility index (Phi) is 5.59. The third-order valence-corrected chi connectivity index (χ3v) is 6.21. The van der Waals surface area contributed by atoms with Crippen molar-refractivity contribution in [1.82, 2.24) is 20.5 Å². The van der Waals surface area contributed by atoms with E-state index in [0.717, 1.165) is 63.5 Å². The highest BCUT2D eigenvalue weighted by Crippen LogP contribution is 2.31. The molecule has 0 aliphatic carbocycles. The van der Waals surface area contributed by atoms with Crippen molar-refractivity contribution in [3.8, 4) is 0 Å². The summed E-state index contributed by atoms with van der Waals surface area (Å²) in [4.78, 5) is 32.6. The average molecular weight is 389 g/mol. The summed E-state index contributed by atoms with van der Waals surface area (Å²) in [6, 6.07) is 2.12. The lowest BCUT2D eigenvalue weighted by Gasteiger charge is -2.41. The summed E-state index contributed by atoms with van der Waals surface area (Å²) in [5, 5.41) is 5.68. The highest BCUT2D eigenvalue weighted by atomic mass is 19.1. The van der Waals surface area contributed by atoms with Gasteiger partial charge in [0.15, 0.2) is 0 Å². The van der Waals surface area contributed by atoms with Crippen molar-refractivity contribution in [2.45, 2.75) is 44.6 Å². The summed E-state index contributed by atoms with van der Waals surface area (Å²) in [6.07, 6.45) is 2.66. The van der Waals surface area contributed by atoms with Crippen molar-refractivity contribution in [1.29, 1.82) is 0 Å². The van der Waals surface area contributed by atoms with E-state index >= 15 is 0 Å². The molecule has 0 spiro atoms. The Morgan fingerprint density at radius 1 is 1.11 bits per heavy atom. The minimum Gasteiger partial charge on any atom is -0.370 e. The van der Waals surface area contributed by atoms with E-state index in [-0.39, 0.29) is 18.0 Å². The maximum Gasteiger partial charge on any atom is 0.235 e. The van der Waals surface area contributed by atoms with Gasteiger partial charge < -0.3 is 10.2 Å². The number of aryl methyl sites for hydroxylation is 1. The van der Waals surface area contributed by atoms with Crippen LogP contribution in [0.4, 0.5) is 10.1 Å². The summed E-state index contributed by atoms with van der Waals surface area (Å²) in [6.45, 7) is 7.93. The molecule has 0 radical (unpaired) electrons. The van der Waals surface area contributed by atoms with Gasteiger partial charge in [0.25, 0.3) is 0 Å². The van der Waals surface area contributed by atoms with Gasteiger partial charge in [0, 0.05) is 57.8 Å². The summed E-state index contributed by atoms with van der Waals surface area (Å²) in [7, 11) is 0. The lowest BCUT2D eigenvalue weighted by Crippen LogP contribution is -2.52. The first-order chi connectivity index (χ1) is 13.5. The van der Waals surface area contributed by atoms with E-state index in [0.29, 0.717) is 12.5 Å². The van der Waals surface area contributed by atoms with E-state index in [2.05, 4.69) is 25.4 Å². The number of amides is 2. The first-order valence-corrected chi connectivity index (χ1v) is 10.2. The average Bonchev–Trinajstić information content (AvgIpc) is 2.71. The summed E-state index contributed by atoms with van der Waals surface area (Å²) >= 11 is 0. The quantitative estimate of drug-likeness (QED) is 0.749. The molecule has 2 amide bonds. The van der Waals surface area contributed by atoms with E-state index in [4.69, 9.17) is 0 Å². The molecule has 0 saturated carbocycles. The van der Waals surface area contributed by atoms with Crippen LogP contribution in [0.5, 0.6) is 0 Å². The van der Waals surface area contributed by atoms with Gasteiger partial charge in [-0.1, -0.05) is 0 Å². The molecule has 4 rings (SSSR count). The van der Waals surface area contributed by atoms with Crippen molar-refractivity contribution in [3.05, 3.63) is 23.3 Å². The number of nitrogens with zero attached hydrogens (tertiary/aromatic N) is 3. The number of aromatic nitrogens is 1. The zero-order chi connectivity index (χ0) is 19.7. The topological polar surface area (TPSA) is 77.6 Å². The van der Waals surface area contributed by atoms with Crippen LogP contribution in [0.15, 0.2) is 6.07 Å². The molecule has 2 N–H and O–H groups in total. The van der Waals surface area contributed by atoms with Gasteiger partial charge >= 0.3 is 0 Å². The lowest BCUT2D eigenvalue weighted by molar-refractivity contribution is -0.134. The van der Waals surface area contributed by atoms with Crippen LogP contribution in [0.1, 0.15) is 43.0 Å². The molecule has 3 saturated heterocycles. The highest BCUT2D eigenvalue weighted by molar-refractivity contribution is 6.00. The van der Waals surface area contributed by atoms with Gasteiger partial charge in [-0.15, -0.1) is 0 Å². The van der Waals surface area contributed by atoms with Crippen molar-refractivity contribution in [2.24, 2.45) is 0 Å². The van der Waals surface area contributed by atoms with E-state index < -0.39 is 17.6 Å². The Morgan fingerprint density at radius 2 is 1.82 bits per heavy atom.